The van der Waals surface area contributed by atoms with Gasteiger partial charge in [-0.3, -0.25) is 0 Å². The van der Waals surface area contributed by atoms with Crippen LogP contribution in [0.25, 0.3) is 0 Å². The molecule has 0 unspecified atom stereocenters. The predicted octanol–water partition coefficient (Wildman–Crippen LogP) is 10.1. The molecule has 0 aromatic rings. The molecule has 0 aromatic heterocycles. The summed E-state index contributed by atoms with van der Waals surface area (Å²) in [6, 6.07) is 0. The third-order valence-electron chi connectivity index (χ3n) is 5.23. The van der Waals surface area contributed by atoms with E-state index in [1.807, 2.05) is 0 Å². The molecule has 2 N–H and O–H groups in total. The molecular formula is C19H18F27NOY. The van der Waals surface area contributed by atoms with Crippen LogP contribution in [0.2, 0.25) is 0 Å². The number of rotatable bonds is 14. The van der Waals surface area contributed by atoms with Crippen molar-refractivity contribution in [3.63, 3.8) is 0 Å². The van der Waals surface area contributed by atoms with E-state index in [4.69, 9.17) is 9.84 Å². The van der Waals surface area contributed by atoms with Gasteiger partial charge in [0.2, 0.25) is 0 Å². The minimum Gasteiger partial charge on any atom is -0.316 e. The number of halogens is 27. The van der Waals surface area contributed by atoms with E-state index in [-0.39, 0.29) is 32.7 Å². The van der Waals surface area contributed by atoms with E-state index in [0.717, 1.165) is 5.32 Å². The SMILES string of the molecule is CCC.FC(F)(F)C(F)(F)C(F)(F)C(F)(F)C(F)(F)C(F)(F)CCNCCC(F)(F)C(F)(F)C(F)(F)C(F)(F)C(F)(F)C(F)(F)F.OF.[Y]. The zero-order valence-electron chi connectivity index (χ0n) is 23.3. The van der Waals surface area contributed by atoms with Crippen molar-refractivity contribution in [2.45, 2.75) is 105 Å². The molecule has 30 heteroatoms. The molecule has 0 saturated carbocycles. The van der Waals surface area contributed by atoms with Gasteiger partial charge in [0.05, 0.1) is 0 Å². The summed E-state index contributed by atoms with van der Waals surface area (Å²) >= 11 is 0. The Morgan fingerprint density at radius 1 is 0.347 bits per heavy atom. The van der Waals surface area contributed by atoms with Crippen molar-refractivity contribution in [2.24, 2.45) is 0 Å². The first-order chi connectivity index (χ1) is 20.6. The van der Waals surface area contributed by atoms with Gasteiger partial charge in [0, 0.05) is 58.6 Å². The average Bonchev–Trinajstić information content (AvgIpc) is 2.87. The Bertz CT molecular complexity index is 912. The van der Waals surface area contributed by atoms with Crippen LogP contribution in [0.1, 0.15) is 33.1 Å². The fourth-order valence-electron chi connectivity index (χ4n) is 2.53. The van der Waals surface area contributed by atoms with E-state index < -0.39 is 97.5 Å². The van der Waals surface area contributed by atoms with Crippen LogP contribution < -0.4 is 5.32 Å². The van der Waals surface area contributed by atoms with Gasteiger partial charge in [-0.1, -0.05) is 24.8 Å². The first-order valence-electron chi connectivity index (χ1n) is 11.4. The van der Waals surface area contributed by atoms with Crippen LogP contribution in [0.15, 0.2) is 0 Å². The molecule has 0 spiro atoms. The van der Waals surface area contributed by atoms with Gasteiger partial charge >= 0.3 is 71.6 Å². The van der Waals surface area contributed by atoms with Gasteiger partial charge in [0.25, 0.3) is 0 Å². The van der Waals surface area contributed by atoms with Gasteiger partial charge in [-0.2, -0.15) is 114 Å². The maximum Gasteiger partial charge on any atom is 0.460 e. The summed E-state index contributed by atoms with van der Waals surface area (Å²) in [5.41, 5.74) is 0. The zero-order valence-corrected chi connectivity index (χ0v) is 26.1. The van der Waals surface area contributed by atoms with Crippen LogP contribution in [-0.2, 0) is 32.7 Å². The monoisotopic (exact) mass is 878 g/mol. The van der Waals surface area contributed by atoms with Crippen LogP contribution >= 0.6 is 0 Å². The van der Waals surface area contributed by atoms with Crippen molar-refractivity contribution < 1.29 is 157 Å². The average molecular weight is 878 g/mol. The number of alkyl halides is 26. The van der Waals surface area contributed by atoms with Crippen LogP contribution in [0.3, 0.4) is 0 Å². The fraction of sp³-hybridized carbons (Fsp3) is 1.00. The summed E-state index contributed by atoms with van der Waals surface area (Å²) < 4.78 is 344. The normalized spacial score (nSPS) is 15.1. The van der Waals surface area contributed by atoms with E-state index in [0.29, 0.717) is 0 Å². The van der Waals surface area contributed by atoms with Gasteiger partial charge in [-0.15, -0.1) is 0 Å². The molecular weight excluding hydrogens is 860 g/mol. The van der Waals surface area contributed by atoms with Crippen molar-refractivity contribution in [1.82, 2.24) is 5.32 Å². The zero-order chi connectivity index (χ0) is 40.2. The van der Waals surface area contributed by atoms with Crippen LogP contribution in [0.4, 0.5) is 119 Å². The molecule has 0 aromatic carbocycles. The fourth-order valence-corrected chi connectivity index (χ4v) is 2.53. The maximum atomic E-state index is 13.5. The molecule has 0 rings (SSSR count). The van der Waals surface area contributed by atoms with Crippen LogP contribution in [0, 0.1) is 0 Å². The molecule has 0 fully saturated rings. The largest absolute Gasteiger partial charge is 0.460 e. The Morgan fingerprint density at radius 3 is 0.673 bits per heavy atom. The van der Waals surface area contributed by atoms with E-state index in [2.05, 4.69) is 13.8 Å². The van der Waals surface area contributed by atoms with E-state index in [1.165, 1.54) is 6.42 Å². The minimum absolute atomic E-state index is 0. The minimum atomic E-state index is -8.32. The predicted molar refractivity (Wildman–Crippen MR) is 103 cm³/mol. The summed E-state index contributed by atoms with van der Waals surface area (Å²) in [6.45, 7) is -0.416. The van der Waals surface area contributed by atoms with Gasteiger partial charge in [0.1, 0.15) is 0 Å². The van der Waals surface area contributed by atoms with Crippen molar-refractivity contribution >= 4 is 0 Å². The van der Waals surface area contributed by atoms with Crippen LogP contribution in [-0.4, -0.2) is 90.0 Å². The first kappa shape index (κ1) is 54.9. The number of nitrogens with one attached hydrogen (secondary N) is 1. The summed E-state index contributed by atoms with van der Waals surface area (Å²) in [6.07, 6.45) is -20.6. The van der Waals surface area contributed by atoms with Gasteiger partial charge in [-0.25, -0.2) is 5.31 Å². The summed E-state index contributed by atoms with van der Waals surface area (Å²) in [4.78, 5) is 0. The van der Waals surface area contributed by atoms with Crippen molar-refractivity contribution in [2.75, 3.05) is 13.1 Å². The molecule has 2 nitrogen and oxygen atoms in total. The van der Waals surface area contributed by atoms with E-state index in [9.17, 15) is 114 Å². The van der Waals surface area contributed by atoms with Crippen molar-refractivity contribution in [1.29, 1.82) is 0 Å². The van der Waals surface area contributed by atoms with Gasteiger partial charge < -0.3 is 5.32 Å². The summed E-state index contributed by atoms with van der Waals surface area (Å²) in [5, 5.41) is 6.28. The smallest absolute Gasteiger partial charge is 0.316 e. The second kappa shape index (κ2) is 16.9. The van der Waals surface area contributed by atoms with Crippen LogP contribution in [0.5, 0.6) is 0 Å². The van der Waals surface area contributed by atoms with Crippen molar-refractivity contribution in [3.05, 3.63) is 0 Å². The van der Waals surface area contributed by atoms with E-state index >= 15 is 0 Å². The molecule has 0 amide bonds. The Kier molecular flexibility index (Phi) is 18.9. The second-order valence-electron chi connectivity index (χ2n) is 8.96. The number of hydrogen-bond donors (Lipinski definition) is 2. The molecule has 297 valence electrons. The Labute approximate surface area is 279 Å². The molecule has 49 heavy (non-hydrogen) atoms. The molecule has 0 aliphatic carbocycles. The molecule has 0 aliphatic heterocycles. The van der Waals surface area contributed by atoms with Gasteiger partial charge in [-0.05, 0) is 0 Å². The maximum absolute atomic E-state index is 13.5. The summed E-state index contributed by atoms with van der Waals surface area (Å²) in [5.74, 6) is -78.7. The Balaban J connectivity index is -0.00000159. The third kappa shape index (κ3) is 9.77. The first-order valence-corrected chi connectivity index (χ1v) is 11.4. The standard InChI is InChI=1S/C16H9F26N.C3H8.FHO.Y/c17-5(18,7(21,22)9(25,26)11(29,30)13(33,34)15(37,38)39)1-3-43-4-2-6(19,20)8(23,24)10(27,28)12(31,32)14(35,36)16(40,41)42;1-3-2;1-2;/h43H,1-4H2;3H2,1-2H3;2H;. The Hall–Kier alpha value is -0.866. The van der Waals surface area contributed by atoms with E-state index in [1.54, 1.807) is 0 Å². The summed E-state index contributed by atoms with van der Waals surface area (Å²) in [7, 11) is 0. The second-order valence-corrected chi connectivity index (χ2v) is 8.96. The topological polar surface area (TPSA) is 32.3 Å². The number of hydrogen-bond acceptors (Lipinski definition) is 2. The molecule has 1 radical (unpaired) electrons. The molecule has 0 bridgehead atoms. The van der Waals surface area contributed by atoms with Gasteiger partial charge in [0.15, 0.2) is 0 Å². The third-order valence-corrected chi connectivity index (χ3v) is 5.23. The van der Waals surface area contributed by atoms with Crippen molar-refractivity contribution in [3.8, 4) is 0 Å². The Morgan fingerprint density at radius 2 is 0.510 bits per heavy atom. The molecule has 0 atom stereocenters. The molecule has 0 saturated heterocycles. The quantitative estimate of drug-likeness (QED) is 0.135. The molecule has 0 aliphatic rings. The molecule has 0 heterocycles.